The predicted molar refractivity (Wildman–Crippen MR) is 143 cm³/mol. The second-order valence-corrected chi connectivity index (χ2v) is 9.70. The largest absolute Gasteiger partial charge is 0.497 e. The summed E-state index contributed by atoms with van der Waals surface area (Å²) < 4.78 is 24.5. The van der Waals surface area contributed by atoms with E-state index in [0.29, 0.717) is 64.3 Å². The summed E-state index contributed by atoms with van der Waals surface area (Å²) in [4.78, 5) is 36.6. The average molecular weight is 521 g/mol. The van der Waals surface area contributed by atoms with Crippen LogP contribution in [-0.4, -0.2) is 79.6 Å². The lowest BCUT2D eigenvalue weighted by Gasteiger charge is -2.31. The molecule has 2 aliphatic rings. The maximum atomic E-state index is 13.6. The molecule has 200 valence electrons. The number of benzene rings is 2. The molecule has 0 saturated carbocycles. The Morgan fingerprint density at radius 3 is 2.61 bits per heavy atom. The molecule has 0 radical (unpaired) electrons. The number of rotatable bonds is 9. The molecule has 2 amide bonds. The summed E-state index contributed by atoms with van der Waals surface area (Å²) in [7, 11) is 1.63. The van der Waals surface area contributed by atoms with E-state index in [4.69, 9.17) is 14.5 Å². The maximum Gasteiger partial charge on any atom is 0.254 e. The van der Waals surface area contributed by atoms with Crippen molar-refractivity contribution < 1.29 is 23.5 Å². The molecule has 3 aromatic rings. The summed E-state index contributed by atoms with van der Waals surface area (Å²) in [5.41, 5.74) is 2.17. The van der Waals surface area contributed by atoms with Crippen LogP contribution in [0.2, 0.25) is 0 Å². The van der Waals surface area contributed by atoms with E-state index in [0.717, 1.165) is 41.0 Å². The first-order valence-corrected chi connectivity index (χ1v) is 13.1. The Morgan fingerprint density at radius 2 is 1.89 bits per heavy atom. The molecule has 3 heterocycles. The van der Waals surface area contributed by atoms with E-state index >= 15 is 0 Å². The number of aromatic nitrogens is 1. The Labute approximate surface area is 221 Å². The predicted octanol–water partition coefficient (Wildman–Crippen LogP) is 3.87. The molecule has 9 heteroatoms. The highest BCUT2D eigenvalue weighted by Crippen LogP contribution is 2.29. The van der Waals surface area contributed by atoms with Crippen molar-refractivity contribution >= 4 is 28.5 Å². The Kier molecular flexibility index (Phi) is 8.03. The van der Waals surface area contributed by atoms with E-state index in [-0.39, 0.29) is 17.6 Å². The number of halogens is 1. The van der Waals surface area contributed by atoms with Crippen molar-refractivity contribution in [1.29, 1.82) is 0 Å². The van der Waals surface area contributed by atoms with Crippen molar-refractivity contribution in [2.45, 2.75) is 25.8 Å². The van der Waals surface area contributed by atoms with Gasteiger partial charge in [0.05, 0.1) is 25.8 Å². The van der Waals surface area contributed by atoms with Crippen molar-refractivity contribution in [2.75, 3.05) is 57.9 Å². The van der Waals surface area contributed by atoms with Gasteiger partial charge in [-0.3, -0.25) is 9.59 Å². The molecule has 0 N–H and O–H groups in total. The minimum atomic E-state index is -0.385. The number of pyridine rings is 1. The Balaban J connectivity index is 1.46. The first-order chi connectivity index (χ1) is 18.5. The SMILES string of the molecule is COc1ccc2cc(CN(CCCN3CCCC3=O)C(=O)c3ccc(F)cc3)c(N3CCOCC3)nc2c1. The highest BCUT2D eigenvalue weighted by atomic mass is 19.1. The van der Waals surface area contributed by atoms with E-state index in [2.05, 4.69) is 11.0 Å². The molecule has 0 spiro atoms. The van der Waals surface area contributed by atoms with Crippen molar-refractivity contribution in [3.63, 3.8) is 0 Å². The Hall–Kier alpha value is -3.72. The van der Waals surface area contributed by atoms with Crippen molar-refractivity contribution in [2.24, 2.45) is 0 Å². The van der Waals surface area contributed by atoms with Gasteiger partial charge >= 0.3 is 0 Å². The summed E-state index contributed by atoms with van der Waals surface area (Å²) >= 11 is 0. The molecule has 0 bridgehead atoms. The number of carbonyl (C=O) groups excluding carboxylic acids is 2. The third-order valence-corrected chi connectivity index (χ3v) is 7.16. The molecule has 0 atom stereocenters. The molecular weight excluding hydrogens is 487 g/mol. The van der Waals surface area contributed by atoms with Gasteiger partial charge in [-0.15, -0.1) is 0 Å². The highest BCUT2D eigenvalue weighted by molar-refractivity contribution is 5.94. The summed E-state index contributed by atoms with van der Waals surface area (Å²) in [6.07, 6.45) is 2.13. The van der Waals surface area contributed by atoms with Crippen molar-refractivity contribution in [1.82, 2.24) is 14.8 Å². The van der Waals surface area contributed by atoms with Crippen LogP contribution in [0.5, 0.6) is 5.75 Å². The Bertz CT molecular complexity index is 1290. The molecule has 8 nitrogen and oxygen atoms in total. The number of ether oxygens (including phenoxy) is 2. The van der Waals surface area contributed by atoms with Crippen LogP contribution in [0.3, 0.4) is 0 Å². The number of hydrogen-bond donors (Lipinski definition) is 0. The topological polar surface area (TPSA) is 75.2 Å². The zero-order valence-electron chi connectivity index (χ0n) is 21.7. The van der Waals surface area contributed by atoms with Gasteiger partial charge in [-0.25, -0.2) is 9.37 Å². The number of carbonyl (C=O) groups is 2. The van der Waals surface area contributed by atoms with Crippen LogP contribution in [0.1, 0.15) is 35.2 Å². The number of likely N-dealkylation sites (tertiary alicyclic amines) is 1. The van der Waals surface area contributed by atoms with Crippen LogP contribution in [0, 0.1) is 5.82 Å². The van der Waals surface area contributed by atoms with Gasteiger partial charge in [-0.1, -0.05) is 0 Å². The maximum absolute atomic E-state index is 13.6. The van der Waals surface area contributed by atoms with Gasteiger partial charge < -0.3 is 24.2 Å². The third-order valence-electron chi connectivity index (χ3n) is 7.16. The second-order valence-electron chi connectivity index (χ2n) is 9.70. The van der Waals surface area contributed by atoms with Gasteiger partial charge in [-0.2, -0.15) is 0 Å². The first-order valence-electron chi connectivity index (χ1n) is 13.1. The van der Waals surface area contributed by atoms with Crippen LogP contribution < -0.4 is 9.64 Å². The fourth-order valence-corrected chi connectivity index (χ4v) is 5.10. The van der Waals surface area contributed by atoms with Crippen LogP contribution in [0.25, 0.3) is 10.9 Å². The van der Waals surface area contributed by atoms with Crippen LogP contribution in [-0.2, 0) is 16.1 Å². The number of nitrogens with zero attached hydrogens (tertiary/aromatic N) is 4. The summed E-state index contributed by atoms with van der Waals surface area (Å²) in [6.45, 7) is 4.81. The van der Waals surface area contributed by atoms with E-state index < -0.39 is 0 Å². The molecule has 5 rings (SSSR count). The molecule has 2 fully saturated rings. The van der Waals surface area contributed by atoms with Crippen molar-refractivity contribution in [3.8, 4) is 5.75 Å². The molecule has 38 heavy (non-hydrogen) atoms. The molecule has 2 aliphatic heterocycles. The average Bonchev–Trinajstić information content (AvgIpc) is 3.36. The highest BCUT2D eigenvalue weighted by Gasteiger charge is 2.24. The third kappa shape index (κ3) is 5.88. The van der Waals surface area contributed by atoms with Crippen LogP contribution in [0.15, 0.2) is 48.5 Å². The lowest BCUT2D eigenvalue weighted by Crippen LogP contribution is -2.39. The monoisotopic (exact) mass is 520 g/mol. The summed E-state index contributed by atoms with van der Waals surface area (Å²) in [6, 6.07) is 13.5. The number of anilines is 1. The van der Waals surface area contributed by atoms with Gasteiger partial charge in [0.2, 0.25) is 5.91 Å². The van der Waals surface area contributed by atoms with Gasteiger partial charge in [0, 0.05) is 68.3 Å². The van der Waals surface area contributed by atoms with Gasteiger partial charge in [0.1, 0.15) is 17.4 Å². The zero-order valence-corrected chi connectivity index (χ0v) is 21.7. The van der Waals surface area contributed by atoms with Gasteiger partial charge in [0.25, 0.3) is 5.91 Å². The molecule has 2 aromatic carbocycles. The van der Waals surface area contributed by atoms with E-state index in [1.54, 1.807) is 12.0 Å². The fourth-order valence-electron chi connectivity index (χ4n) is 5.10. The van der Waals surface area contributed by atoms with E-state index in [9.17, 15) is 14.0 Å². The van der Waals surface area contributed by atoms with Crippen LogP contribution >= 0.6 is 0 Å². The standard InChI is InChI=1S/C29H33FN4O4/c1-37-25-10-7-22-18-23(28(31-26(22)19-25)33-14-16-38-17-15-33)20-34(13-3-12-32-11-2-4-27(32)35)29(36)21-5-8-24(30)9-6-21/h5-10,18-19H,2-4,11-17,20H2,1H3. The minimum absolute atomic E-state index is 0.171. The summed E-state index contributed by atoms with van der Waals surface area (Å²) in [5.74, 6) is 1.16. The number of hydrogen-bond acceptors (Lipinski definition) is 6. The molecular formula is C29H33FN4O4. The lowest BCUT2D eigenvalue weighted by molar-refractivity contribution is -0.127. The quantitative estimate of drug-likeness (QED) is 0.427. The van der Waals surface area contributed by atoms with Crippen LogP contribution in [0.4, 0.5) is 10.2 Å². The Morgan fingerprint density at radius 1 is 1.11 bits per heavy atom. The van der Waals surface area contributed by atoms with Gasteiger partial charge in [0.15, 0.2) is 0 Å². The zero-order chi connectivity index (χ0) is 26.5. The number of morpholine rings is 1. The normalized spacial score (nSPS) is 15.8. The fraction of sp³-hybridized carbons (Fsp3) is 0.414. The minimum Gasteiger partial charge on any atom is -0.497 e. The van der Waals surface area contributed by atoms with Gasteiger partial charge in [-0.05, 0) is 55.3 Å². The number of amides is 2. The number of methoxy groups -OCH3 is 1. The van der Waals surface area contributed by atoms with Crippen molar-refractivity contribution in [3.05, 3.63) is 65.5 Å². The number of fused-ring (bicyclic) bond motifs is 1. The second kappa shape index (κ2) is 11.8. The van der Waals surface area contributed by atoms with E-state index in [1.165, 1.54) is 24.3 Å². The van der Waals surface area contributed by atoms with E-state index in [1.807, 2.05) is 23.1 Å². The molecule has 0 unspecified atom stereocenters. The smallest absolute Gasteiger partial charge is 0.254 e. The molecule has 1 aromatic heterocycles. The lowest BCUT2D eigenvalue weighted by atomic mass is 10.1. The summed E-state index contributed by atoms with van der Waals surface area (Å²) in [5, 5.41) is 0.953. The first kappa shape index (κ1) is 25.9. The molecule has 0 aliphatic carbocycles. The molecule has 2 saturated heterocycles.